The number of rotatable bonds is 3. The fraction of sp³-hybridized carbons (Fsp3) is 0.571. The topological polar surface area (TPSA) is 29.3 Å². The molecule has 2 heteroatoms. The largest absolute Gasteiger partial charge is 0.326 e. The highest BCUT2D eigenvalue weighted by Crippen LogP contribution is 2.24. The van der Waals surface area contributed by atoms with Crippen LogP contribution in [0.1, 0.15) is 25.0 Å². The van der Waals surface area contributed by atoms with Gasteiger partial charge in [0.05, 0.1) is 0 Å². The van der Waals surface area contributed by atoms with Gasteiger partial charge in [0.2, 0.25) is 0 Å². The van der Waals surface area contributed by atoms with Gasteiger partial charge in [0.25, 0.3) is 0 Å². The predicted molar refractivity (Wildman–Crippen MR) is 67.9 cm³/mol. The normalized spacial score (nSPS) is 26.2. The number of nitrogens with zero attached hydrogens (tertiary/aromatic N) is 1. The predicted octanol–water partition coefficient (Wildman–Crippen LogP) is 2.23. The molecule has 0 aromatic heterocycles. The summed E-state index contributed by atoms with van der Waals surface area (Å²) in [5.41, 5.74) is 8.44. The number of likely N-dealkylation sites (tertiary alicyclic amines) is 1. The van der Waals surface area contributed by atoms with Crippen LogP contribution >= 0.6 is 0 Å². The smallest absolute Gasteiger partial charge is 0.0237 e. The fourth-order valence-corrected chi connectivity index (χ4v) is 2.53. The van der Waals surface area contributed by atoms with Crippen LogP contribution in [0.4, 0.5) is 0 Å². The molecule has 88 valence electrons. The van der Waals surface area contributed by atoms with E-state index in [9.17, 15) is 0 Å². The van der Waals surface area contributed by atoms with Crippen molar-refractivity contribution in [2.24, 2.45) is 17.6 Å². The van der Waals surface area contributed by atoms with Crippen molar-refractivity contribution in [2.45, 2.75) is 26.9 Å². The number of benzene rings is 1. The van der Waals surface area contributed by atoms with Crippen molar-refractivity contribution < 1.29 is 0 Å². The summed E-state index contributed by atoms with van der Waals surface area (Å²) in [5, 5.41) is 0. The summed E-state index contributed by atoms with van der Waals surface area (Å²) in [6.07, 6.45) is 0. The second kappa shape index (κ2) is 4.98. The van der Waals surface area contributed by atoms with E-state index in [4.69, 9.17) is 5.73 Å². The summed E-state index contributed by atoms with van der Waals surface area (Å²) in [6.45, 7) is 8.84. The SMILES string of the molecule is CC1CN(Cc2ccccc2CN)CC1C. The Hall–Kier alpha value is -0.860. The van der Waals surface area contributed by atoms with Crippen LogP contribution in [-0.4, -0.2) is 18.0 Å². The van der Waals surface area contributed by atoms with E-state index in [1.165, 1.54) is 24.2 Å². The Bertz CT molecular complexity index is 338. The Kier molecular flexibility index (Phi) is 3.62. The van der Waals surface area contributed by atoms with Crippen LogP contribution < -0.4 is 5.73 Å². The first-order chi connectivity index (χ1) is 7.70. The third-order valence-corrected chi connectivity index (χ3v) is 3.80. The second-order valence-electron chi connectivity index (χ2n) is 5.12. The lowest BCUT2D eigenvalue weighted by molar-refractivity contribution is 0.315. The van der Waals surface area contributed by atoms with E-state index in [0.717, 1.165) is 18.4 Å². The van der Waals surface area contributed by atoms with Crippen molar-refractivity contribution in [1.29, 1.82) is 0 Å². The average Bonchev–Trinajstić information content (AvgIpc) is 2.59. The van der Waals surface area contributed by atoms with E-state index in [-0.39, 0.29) is 0 Å². The quantitative estimate of drug-likeness (QED) is 0.843. The van der Waals surface area contributed by atoms with Crippen molar-refractivity contribution in [1.82, 2.24) is 4.90 Å². The van der Waals surface area contributed by atoms with E-state index >= 15 is 0 Å². The molecule has 0 bridgehead atoms. The molecule has 1 fully saturated rings. The molecule has 0 amide bonds. The molecule has 0 spiro atoms. The van der Waals surface area contributed by atoms with E-state index in [1.807, 2.05) is 0 Å². The van der Waals surface area contributed by atoms with Gasteiger partial charge >= 0.3 is 0 Å². The Morgan fingerprint density at radius 1 is 1.12 bits per heavy atom. The van der Waals surface area contributed by atoms with Crippen molar-refractivity contribution in [2.75, 3.05) is 13.1 Å². The zero-order valence-corrected chi connectivity index (χ0v) is 10.3. The van der Waals surface area contributed by atoms with Gasteiger partial charge in [-0.3, -0.25) is 4.90 Å². The molecule has 16 heavy (non-hydrogen) atoms. The molecule has 1 saturated heterocycles. The molecule has 1 aromatic rings. The molecule has 1 heterocycles. The molecule has 1 aromatic carbocycles. The highest BCUT2D eigenvalue weighted by atomic mass is 15.1. The van der Waals surface area contributed by atoms with Crippen LogP contribution in [0.5, 0.6) is 0 Å². The van der Waals surface area contributed by atoms with E-state index in [2.05, 4.69) is 43.0 Å². The highest BCUT2D eigenvalue weighted by molar-refractivity contribution is 5.26. The second-order valence-corrected chi connectivity index (χ2v) is 5.12. The first-order valence-electron chi connectivity index (χ1n) is 6.20. The van der Waals surface area contributed by atoms with Crippen molar-refractivity contribution >= 4 is 0 Å². The molecule has 1 aliphatic heterocycles. The summed E-state index contributed by atoms with van der Waals surface area (Å²) in [6, 6.07) is 8.52. The number of hydrogen-bond acceptors (Lipinski definition) is 2. The maximum Gasteiger partial charge on any atom is 0.0237 e. The zero-order valence-electron chi connectivity index (χ0n) is 10.3. The summed E-state index contributed by atoms with van der Waals surface area (Å²) in [7, 11) is 0. The molecule has 1 aliphatic rings. The summed E-state index contributed by atoms with van der Waals surface area (Å²) >= 11 is 0. The van der Waals surface area contributed by atoms with Crippen LogP contribution in [0.15, 0.2) is 24.3 Å². The molecular weight excluding hydrogens is 196 g/mol. The molecular formula is C14H22N2. The number of nitrogens with two attached hydrogens (primary N) is 1. The first kappa shape index (κ1) is 11.6. The van der Waals surface area contributed by atoms with Crippen molar-refractivity contribution in [3.05, 3.63) is 35.4 Å². The molecule has 2 unspecified atom stereocenters. The van der Waals surface area contributed by atoms with Gasteiger partial charge in [-0.25, -0.2) is 0 Å². The third kappa shape index (κ3) is 2.45. The lowest BCUT2D eigenvalue weighted by Gasteiger charge is -2.17. The molecule has 2 N–H and O–H groups in total. The first-order valence-corrected chi connectivity index (χ1v) is 6.20. The van der Waals surface area contributed by atoms with Gasteiger partial charge in [0.15, 0.2) is 0 Å². The third-order valence-electron chi connectivity index (χ3n) is 3.80. The molecule has 0 aliphatic carbocycles. The zero-order chi connectivity index (χ0) is 11.5. The Morgan fingerprint density at radius 2 is 1.69 bits per heavy atom. The van der Waals surface area contributed by atoms with Gasteiger partial charge < -0.3 is 5.73 Å². The van der Waals surface area contributed by atoms with Crippen LogP contribution in [0.2, 0.25) is 0 Å². The minimum absolute atomic E-state index is 0.648. The summed E-state index contributed by atoms with van der Waals surface area (Å²) < 4.78 is 0. The van der Waals surface area contributed by atoms with E-state index in [1.54, 1.807) is 0 Å². The van der Waals surface area contributed by atoms with Crippen LogP contribution in [0.25, 0.3) is 0 Å². The van der Waals surface area contributed by atoms with Gasteiger partial charge in [0, 0.05) is 26.2 Å². The van der Waals surface area contributed by atoms with Crippen molar-refractivity contribution in [3.63, 3.8) is 0 Å². The minimum Gasteiger partial charge on any atom is -0.326 e. The molecule has 2 rings (SSSR count). The van der Waals surface area contributed by atoms with E-state index in [0.29, 0.717) is 6.54 Å². The standard InChI is InChI=1S/C14H22N2/c1-11-8-16(9-12(11)2)10-14-6-4-3-5-13(14)7-15/h3-6,11-12H,7-10,15H2,1-2H3. The molecule has 0 saturated carbocycles. The van der Waals surface area contributed by atoms with Crippen LogP contribution in [0.3, 0.4) is 0 Å². The number of hydrogen-bond donors (Lipinski definition) is 1. The minimum atomic E-state index is 0.648. The lowest BCUT2D eigenvalue weighted by Crippen LogP contribution is -2.21. The summed E-state index contributed by atoms with van der Waals surface area (Å²) in [5.74, 6) is 1.65. The highest BCUT2D eigenvalue weighted by Gasteiger charge is 2.25. The summed E-state index contributed by atoms with van der Waals surface area (Å²) in [4.78, 5) is 2.55. The monoisotopic (exact) mass is 218 g/mol. The van der Waals surface area contributed by atoms with Crippen LogP contribution in [0, 0.1) is 11.8 Å². The average molecular weight is 218 g/mol. The molecule has 0 radical (unpaired) electrons. The maximum absolute atomic E-state index is 5.76. The van der Waals surface area contributed by atoms with Gasteiger partial charge in [0.1, 0.15) is 0 Å². The van der Waals surface area contributed by atoms with Crippen LogP contribution in [-0.2, 0) is 13.1 Å². The molecule has 2 nitrogen and oxygen atoms in total. The van der Waals surface area contributed by atoms with E-state index < -0.39 is 0 Å². The fourth-order valence-electron chi connectivity index (χ4n) is 2.53. The van der Waals surface area contributed by atoms with Gasteiger partial charge in [-0.1, -0.05) is 38.1 Å². The Labute approximate surface area is 98.4 Å². The Morgan fingerprint density at radius 3 is 2.25 bits per heavy atom. The van der Waals surface area contributed by atoms with Gasteiger partial charge in [-0.15, -0.1) is 0 Å². The van der Waals surface area contributed by atoms with Gasteiger partial charge in [-0.2, -0.15) is 0 Å². The lowest BCUT2D eigenvalue weighted by atomic mass is 10.0. The Balaban J connectivity index is 2.04. The van der Waals surface area contributed by atoms with Gasteiger partial charge in [-0.05, 0) is 23.0 Å². The maximum atomic E-state index is 5.76. The van der Waals surface area contributed by atoms with Crippen molar-refractivity contribution in [3.8, 4) is 0 Å². The molecule has 2 atom stereocenters.